The first kappa shape index (κ1) is 12.6. The molecule has 3 nitrogen and oxygen atoms in total. The van der Waals surface area contributed by atoms with Gasteiger partial charge in [-0.05, 0) is 23.8 Å². The van der Waals surface area contributed by atoms with Crippen molar-refractivity contribution in [2.45, 2.75) is 26.4 Å². The predicted molar refractivity (Wildman–Crippen MR) is 69.4 cm³/mol. The number of hydrogen-bond donors (Lipinski definition) is 1. The lowest BCUT2D eigenvalue weighted by molar-refractivity contribution is 0.582. The Morgan fingerprint density at radius 2 is 2.11 bits per heavy atom. The smallest absolute Gasteiger partial charge is 0.123 e. The maximum Gasteiger partial charge on any atom is 0.123 e. The van der Waals surface area contributed by atoms with E-state index in [4.69, 9.17) is 0 Å². The van der Waals surface area contributed by atoms with Crippen LogP contribution in [0, 0.1) is 5.82 Å². The summed E-state index contributed by atoms with van der Waals surface area (Å²) in [5.41, 5.74) is 2.57. The van der Waals surface area contributed by atoms with Crippen LogP contribution in [0.2, 0.25) is 0 Å². The van der Waals surface area contributed by atoms with Crippen LogP contribution >= 0.6 is 0 Å². The van der Waals surface area contributed by atoms with Crippen molar-refractivity contribution in [2.75, 3.05) is 0 Å². The summed E-state index contributed by atoms with van der Waals surface area (Å²) in [6.45, 7) is 4.73. The van der Waals surface area contributed by atoms with Crippen LogP contribution in [0.5, 0.6) is 0 Å². The molecule has 0 spiro atoms. The van der Waals surface area contributed by atoms with Gasteiger partial charge in [0.2, 0.25) is 0 Å². The van der Waals surface area contributed by atoms with Crippen molar-refractivity contribution < 1.29 is 4.39 Å². The third-order valence-electron chi connectivity index (χ3n) is 2.61. The molecular formula is C14H16FN3. The number of hydrogen-bond acceptors (Lipinski definition) is 3. The van der Waals surface area contributed by atoms with Gasteiger partial charge in [0.15, 0.2) is 0 Å². The van der Waals surface area contributed by atoms with Crippen molar-refractivity contribution in [3.05, 3.63) is 48.2 Å². The molecule has 0 saturated heterocycles. The number of nitrogens with zero attached hydrogens (tertiary/aromatic N) is 2. The van der Waals surface area contributed by atoms with Crippen LogP contribution in [0.1, 0.15) is 19.4 Å². The standard InChI is InChI=1S/C14H16FN3/c1-10(2)18-8-11-7-12(15)3-4-13(11)14-9-16-5-6-17-14/h3-7,9-10,18H,8H2,1-2H3. The Morgan fingerprint density at radius 3 is 2.78 bits per heavy atom. The first-order valence-electron chi connectivity index (χ1n) is 5.95. The van der Waals surface area contributed by atoms with Crippen molar-refractivity contribution in [1.29, 1.82) is 0 Å². The molecule has 0 aliphatic carbocycles. The van der Waals surface area contributed by atoms with Crippen molar-refractivity contribution in [2.24, 2.45) is 0 Å². The maximum absolute atomic E-state index is 13.3. The molecule has 0 saturated carbocycles. The van der Waals surface area contributed by atoms with Crippen molar-refractivity contribution >= 4 is 0 Å². The predicted octanol–water partition coefficient (Wildman–Crippen LogP) is 2.78. The molecule has 4 heteroatoms. The zero-order chi connectivity index (χ0) is 13.0. The van der Waals surface area contributed by atoms with E-state index in [2.05, 4.69) is 29.1 Å². The molecule has 1 heterocycles. The van der Waals surface area contributed by atoms with Gasteiger partial charge in [0.25, 0.3) is 0 Å². The van der Waals surface area contributed by atoms with Crippen LogP contribution in [0.4, 0.5) is 4.39 Å². The van der Waals surface area contributed by atoms with Gasteiger partial charge in [-0.2, -0.15) is 0 Å². The van der Waals surface area contributed by atoms with E-state index in [1.165, 1.54) is 6.07 Å². The molecule has 0 unspecified atom stereocenters. The third-order valence-corrected chi connectivity index (χ3v) is 2.61. The van der Waals surface area contributed by atoms with E-state index < -0.39 is 0 Å². The summed E-state index contributed by atoms with van der Waals surface area (Å²) >= 11 is 0. The van der Waals surface area contributed by atoms with E-state index in [9.17, 15) is 4.39 Å². The number of halogens is 1. The topological polar surface area (TPSA) is 37.8 Å². The minimum Gasteiger partial charge on any atom is -0.310 e. The van der Waals surface area contributed by atoms with E-state index in [0.717, 1.165) is 16.8 Å². The van der Waals surface area contributed by atoms with Crippen LogP contribution < -0.4 is 5.32 Å². The molecule has 2 aromatic rings. The van der Waals surface area contributed by atoms with E-state index in [-0.39, 0.29) is 5.82 Å². The van der Waals surface area contributed by atoms with E-state index in [1.54, 1.807) is 30.7 Å². The molecule has 0 bridgehead atoms. The van der Waals surface area contributed by atoms with E-state index in [1.807, 2.05) is 0 Å². The summed E-state index contributed by atoms with van der Waals surface area (Å²) in [7, 11) is 0. The molecule has 0 aliphatic heterocycles. The first-order chi connectivity index (χ1) is 8.66. The summed E-state index contributed by atoms with van der Waals surface area (Å²) in [5, 5.41) is 3.28. The Morgan fingerprint density at radius 1 is 1.28 bits per heavy atom. The van der Waals surface area contributed by atoms with Gasteiger partial charge >= 0.3 is 0 Å². The molecule has 18 heavy (non-hydrogen) atoms. The Kier molecular flexibility index (Phi) is 3.99. The van der Waals surface area contributed by atoms with Crippen molar-refractivity contribution in [1.82, 2.24) is 15.3 Å². The van der Waals surface area contributed by atoms with Gasteiger partial charge in [-0.25, -0.2) is 4.39 Å². The lowest BCUT2D eigenvalue weighted by atomic mass is 10.0. The largest absolute Gasteiger partial charge is 0.310 e. The number of rotatable bonds is 4. The highest BCUT2D eigenvalue weighted by molar-refractivity contribution is 5.62. The van der Waals surface area contributed by atoms with Gasteiger partial charge in [-0.3, -0.25) is 9.97 Å². The monoisotopic (exact) mass is 245 g/mol. The fourth-order valence-electron chi connectivity index (χ4n) is 1.71. The summed E-state index contributed by atoms with van der Waals surface area (Å²) in [5.74, 6) is -0.233. The number of aromatic nitrogens is 2. The van der Waals surface area contributed by atoms with Gasteiger partial charge < -0.3 is 5.32 Å². The second kappa shape index (κ2) is 5.69. The average Bonchev–Trinajstić information content (AvgIpc) is 2.37. The third kappa shape index (κ3) is 3.11. The van der Waals surface area contributed by atoms with Gasteiger partial charge in [-0.1, -0.05) is 13.8 Å². The zero-order valence-electron chi connectivity index (χ0n) is 10.5. The van der Waals surface area contributed by atoms with Gasteiger partial charge in [0.1, 0.15) is 5.82 Å². The summed E-state index contributed by atoms with van der Waals surface area (Å²) in [6.07, 6.45) is 4.95. The van der Waals surface area contributed by atoms with E-state index in [0.29, 0.717) is 12.6 Å². The highest BCUT2D eigenvalue weighted by Gasteiger charge is 2.08. The molecular weight excluding hydrogens is 229 g/mol. The second-order valence-corrected chi connectivity index (χ2v) is 4.43. The van der Waals surface area contributed by atoms with Crippen LogP contribution in [-0.4, -0.2) is 16.0 Å². The quantitative estimate of drug-likeness (QED) is 0.900. The fraction of sp³-hybridized carbons (Fsp3) is 0.286. The number of benzene rings is 1. The molecule has 1 aromatic carbocycles. The zero-order valence-corrected chi connectivity index (χ0v) is 10.5. The molecule has 1 aromatic heterocycles. The molecule has 0 fully saturated rings. The fourth-order valence-corrected chi connectivity index (χ4v) is 1.71. The van der Waals surface area contributed by atoms with Crippen LogP contribution in [-0.2, 0) is 6.54 Å². The minimum atomic E-state index is -0.233. The van der Waals surface area contributed by atoms with Crippen molar-refractivity contribution in [3.63, 3.8) is 0 Å². The summed E-state index contributed by atoms with van der Waals surface area (Å²) < 4.78 is 13.3. The lowest BCUT2D eigenvalue weighted by Crippen LogP contribution is -2.22. The highest BCUT2D eigenvalue weighted by Crippen LogP contribution is 2.22. The Labute approximate surface area is 106 Å². The lowest BCUT2D eigenvalue weighted by Gasteiger charge is -2.12. The molecule has 0 radical (unpaired) electrons. The highest BCUT2D eigenvalue weighted by atomic mass is 19.1. The molecule has 2 rings (SSSR count). The molecule has 1 N–H and O–H groups in total. The first-order valence-corrected chi connectivity index (χ1v) is 5.95. The second-order valence-electron chi connectivity index (χ2n) is 4.43. The average molecular weight is 245 g/mol. The van der Waals surface area contributed by atoms with Crippen LogP contribution in [0.15, 0.2) is 36.8 Å². The molecule has 94 valence electrons. The Balaban J connectivity index is 2.35. The SMILES string of the molecule is CC(C)NCc1cc(F)ccc1-c1cnccn1. The van der Waals surface area contributed by atoms with Gasteiger partial charge in [0, 0.05) is 30.5 Å². The minimum absolute atomic E-state index is 0.233. The summed E-state index contributed by atoms with van der Waals surface area (Å²) in [6, 6.07) is 5.09. The molecule has 0 amide bonds. The van der Waals surface area contributed by atoms with Crippen LogP contribution in [0.3, 0.4) is 0 Å². The van der Waals surface area contributed by atoms with Crippen molar-refractivity contribution in [3.8, 4) is 11.3 Å². The van der Waals surface area contributed by atoms with Gasteiger partial charge in [-0.15, -0.1) is 0 Å². The summed E-state index contributed by atoms with van der Waals surface area (Å²) in [4.78, 5) is 8.30. The normalized spacial score (nSPS) is 10.9. The Bertz CT molecular complexity index is 512. The van der Waals surface area contributed by atoms with Crippen LogP contribution in [0.25, 0.3) is 11.3 Å². The maximum atomic E-state index is 13.3. The molecule has 0 aliphatic rings. The molecule has 0 atom stereocenters. The Hall–Kier alpha value is -1.81. The van der Waals surface area contributed by atoms with Gasteiger partial charge in [0.05, 0.1) is 11.9 Å². The number of nitrogens with one attached hydrogen (secondary N) is 1. The van der Waals surface area contributed by atoms with E-state index >= 15 is 0 Å².